The molecule has 0 bridgehead atoms. The van der Waals surface area contributed by atoms with Crippen molar-refractivity contribution >= 4 is 18.9 Å². The van der Waals surface area contributed by atoms with E-state index < -0.39 is 0 Å². The zero-order valence-electron chi connectivity index (χ0n) is 25.6. The largest absolute Gasteiger partial charge is 0.303 e. The number of carbonyl (C=O) groups excluding carboxylic acids is 3. The normalized spacial score (nSPS) is 11.5. The molecule has 39 heavy (non-hydrogen) atoms. The maximum Gasteiger partial charge on any atom is 0.120 e. The summed E-state index contributed by atoms with van der Waals surface area (Å²) in [5, 5.41) is 0. The lowest BCUT2D eigenvalue weighted by Gasteiger charge is -1.92. The van der Waals surface area contributed by atoms with Gasteiger partial charge < -0.3 is 14.4 Å². The maximum absolute atomic E-state index is 10.00. The molecule has 0 spiro atoms. The summed E-state index contributed by atoms with van der Waals surface area (Å²) in [6.45, 7) is 6.44. The molecule has 0 fully saturated rings. The van der Waals surface area contributed by atoms with Crippen LogP contribution in [-0.4, -0.2) is 18.9 Å². The second-order valence-corrected chi connectivity index (χ2v) is 9.08. The van der Waals surface area contributed by atoms with E-state index in [0.29, 0.717) is 19.3 Å². The van der Waals surface area contributed by atoms with Gasteiger partial charge in [-0.15, -0.1) is 0 Å². The fourth-order valence-corrected chi connectivity index (χ4v) is 3.12. The summed E-state index contributed by atoms with van der Waals surface area (Å²) in [5.74, 6) is 0. The molecule has 0 aromatic rings. The monoisotopic (exact) mass is 540 g/mol. The fourth-order valence-electron chi connectivity index (χ4n) is 3.12. The number of rotatable bonds is 24. The highest BCUT2D eigenvalue weighted by molar-refractivity contribution is 5.49. The fraction of sp³-hybridized carbons (Fsp3) is 0.583. The van der Waals surface area contributed by atoms with E-state index in [2.05, 4.69) is 93.7 Å². The first-order chi connectivity index (χ1) is 19.2. The van der Waals surface area contributed by atoms with Crippen LogP contribution < -0.4 is 0 Å². The van der Waals surface area contributed by atoms with Gasteiger partial charge in [0.25, 0.3) is 0 Å². The zero-order valence-corrected chi connectivity index (χ0v) is 25.6. The third kappa shape index (κ3) is 52.6. The van der Waals surface area contributed by atoms with Crippen LogP contribution in [0.2, 0.25) is 0 Å². The summed E-state index contributed by atoms with van der Waals surface area (Å²) in [7, 11) is 0. The molecule has 0 aromatic carbocycles. The van der Waals surface area contributed by atoms with Crippen LogP contribution in [0.5, 0.6) is 0 Å². The van der Waals surface area contributed by atoms with Crippen molar-refractivity contribution in [3.63, 3.8) is 0 Å². The lowest BCUT2D eigenvalue weighted by atomic mass is 10.1. The predicted molar refractivity (Wildman–Crippen MR) is 173 cm³/mol. The van der Waals surface area contributed by atoms with Gasteiger partial charge in [0.05, 0.1) is 0 Å². The first-order valence-corrected chi connectivity index (χ1v) is 15.5. The number of unbranched alkanes of at least 4 members (excludes halogenated alkanes) is 9. The molecule has 0 atom stereocenters. The van der Waals surface area contributed by atoms with Crippen LogP contribution >= 0.6 is 0 Å². The molecule has 0 aromatic heterocycles. The van der Waals surface area contributed by atoms with Gasteiger partial charge >= 0.3 is 0 Å². The molecule has 0 heterocycles. The summed E-state index contributed by atoms with van der Waals surface area (Å²) in [4.78, 5) is 29.9. The molecule has 0 rings (SSSR count). The van der Waals surface area contributed by atoms with Crippen LogP contribution in [0.15, 0.2) is 72.9 Å². The van der Waals surface area contributed by atoms with E-state index in [9.17, 15) is 14.4 Å². The summed E-state index contributed by atoms with van der Waals surface area (Å²) in [6, 6.07) is 0. The minimum absolute atomic E-state index is 0.654. The van der Waals surface area contributed by atoms with Gasteiger partial charge in [0, 0.05) is 19.3 Å². The third-order valence-corrected chi connectivity index (χ3v) is 5.29. The van der Waals surface area contributed by atoms with Gasteiger partial charge in [-0.2, -0.15) is 0 Å². The standard InChI is InChI=1S/C13H22O.C12H20O.C11H18O/c1-2-3-4-5-6-7-8-9-10-11-12-13-14;1-2-3-4-5-6-7-8-9-10-11-12-13;1-2-3-4-5-6-7-8-9-10-11-12/h3-4,9-10,13H,2,5-8,11-12H2,1H3;3-4,8-9,12H,2,5-7,10-11H2,1H3;3-4,7-8,11H,2,5-6,9-10H2,1H3. The maximum atomic E-state index is 10.00. The molecule has 0 saturated heterocycles. The zero-order chi connectivity index (χ0) is 29.3. The van der Waals surface area contributed by atoms with Crippen LogP contribution in [0.1, 0.15) is 136 Å². The molecule has 0 unspecified atom stereocenters. The Balaban J connectivity index is -0.000000500. The van der Waals surface area contributed by atoms with Crippen molar-refractivity contribution in [1.82, 2.24) is 0 Å². The van der Waals surface area contributed by atoms with Crippen molar-refractivity contribution in [1.29, 1.82) is 0 Å². The number of carbonyl (C=O) groups is 3. The van der Waals surface area contributed by atoms with Crippen LogP contribution in [-0.2, 0) is 14.4 Å². The van der Waals surface area contributed by atoms with Crippen LogP contribution in [0.3, 0.4) is 0 Å². The number of aldehydes is 3. The van der Waals surface area contributed by atoms with Crippen molar-refractivity contribution in [3.05, 3.63) is 72.9 Å². The molecule has 3 nitrogen and oxygen atoms in total. The van der Waals surface area contributed by atoms with Crippen LogP contribution in [0.4, 0.5) is 0 Å². The lowest BCUT2D eigenvalue weighted by Crippen LogP contribution is -1.74. The molecule has 222 valence electrons. The summed E-state index contributed by atoms with van der Waals surface area (Å²) < 4.78 is 0. The topological polar surface area (TPSA) is 51.2 Å². The highest BCUT2D eigenvalue weighted by atomic mass is 16.1. The molecule has 0 radical (unpaired) electrons. The first-order valence-electron chi connectivity index (χ1n) is 15.5. The second-order valence-electron chi connectivity index (χ2n) is 9.08. The van der Waals surface area contributed by atoms with Gasteiger partial charge in [-0.05, 0) is 96.3 Å². The Morgan fingerprint density at radius 1 is 0.282 bits per heavy atom. The van der Waals surface area contributed by atoms with E-state index in [1.165, 1.54) is 32.1 Å². The number of allylic oxidation sites excluding steroid dienone is 12. The highest BCUT2D eigenvalue weighted by Gasteiger charge is 1.84. The van der Waals surface area contributed by atoms with Crippen LogP contribution in [0, 0.1) is 0 Å². The average Bonchev–Trinajstić information content (AvgIpc) is 2.95. The molecule has 0 aliphatic carbocycles. The molecule has 0 aliphatic rings. The van der Waals surface area contributed by atoms with Crippen molar-refractivity contribution in [2.75, 3.05) is 0 Å². The molecular formula is C36H60O3. The SMILES string of the molecule is CCC=CCCC=CCCC=O.CCC=CCCCC=CCCC=O.CCC=CCCCCC=CCCC=O. The van der Waals surface area contributed by atoms with Gasteiger partial charge in [-0.3, -0.25) is 0 Å². The van der Waals surface area contributed by atoms with Gasteiger partial charge in [0.1, 0.15) is 18.9 Å². The Hall–Kier alpha value is -2.55. The van der Waals surface area contributed by atoms with Gasteiger partial charge in [-0.1, -0.05) is 93.7 Å². The van der Waals surface area contributed by atoms with Gasteiger partial charge in [0.2, 0.25) is 0 Å². The van der Waals surface area contributed by atoms with E-state index in [1.54, 1.807) is 0 Å². The van der Waals surface area contributed by atoms with Crippen LogP contribution in [0.25, 0.3) is 0 Å². The highest BCUT2D eigenvalue weighted by Crippen LogP contribution is 2.03. The Morgan fingerprint density at radius 3 is 0.821 bits per heavy atom. The third-order valence-electron chi connectivity index (χ3n) is 5.29. The average molecular weight is 541 g/mol. The van der Waals surface area contributed by atoms with E-state index >= 15 is 0 Å². The van der Waals surface area contributed by atoms with Crippen molar-refractivity contribution in [2.45, 2.75) is 136 Å². The number of hydrogen-bond acceptors (Lipinski definition) is 3. The Morgan fingerprint density at radius 2 is 0.513 bits per heavy atom. The molecule has 0 N–H and O–H groups in total. The first kappa shape index (κ1) is 40.9. The van der Waals surface area contributed by atoms with E-state index in [-0.39, 0.29) is 0 Å². The van der Waals surface area contributed by atoms with E-state index in [4.69, 9.17) is 0 Å². The quantitative estimate of drug-likeness (QED) is 0.0695. The van der Waals surface area contributed by atoms with Crippen molar-refractivity contribution < 1.29 is 14.4 Å². The van der Waals surface area contributed by atoms with Gasteiger partial charge in [0.15, 0.2) is 0 Å². The smallest absolute Gasteiger partial charge is 0.120 e. The molecule has 0 amide bonds. The van der Waals surface area contributed by atoms with Gasteiger partial charge in [-0.25, -0.2) is 0 Å². The summed E-state index contributed by atoms with van der Waals surface area (Å²) >= 11 is 0. The van der Waals surface area contributed by atoms with Crippen molar-refractivity contribution in [2.24, 2.45) is 0 Å². The Bertz CT molecular complexity index is 650. The van der Waals surface area contributed by atoms with E-state index in [1.807, 2.05) is 0 Å². The molecule has 3 heteroatoms. The Labute approximate surface area is 242 Å². The van der Waals surface area contributed by atoms with E-state index in [0.717, 1.165) is 83.1 Å². The predicted octanol–water partition coefficient (Wildman–Crippen LogP) is 11.0. The minimum Gasteiger partial charge on any atom is -0.303 e. The second kappa shape index (κ2) is 45.4. The number of hydrogen-bond donors (Lipinski definition) is 0. The molecular weight excluding hydrogens is 480 g/mol. The Kier molecular flexibility index (Phi) is 47.6. The summed E-state index contributed by atoms with van der Waals surface area (Å²) in [5.41, 5.74) is 0. The molecule has 0 saturated carbocycles. The molecule has 0 aliphatic heterocycles. The minimum atomic E-state index is 0.654. The lowest BCUT2D eigenvalue weighted by molar-refractivity contribution is -0.108. The van der Waals surface area contributed by atoms with Crippen molar-refractivity contribution in [3.8, 4) is 0 Å². The summed E-state index contributed by atoms with van der Waals surface area (Å²) in [6.07, 6.45) is 47.7.